The maximum absolute atomic E-state index is 4.54. The molecule has 0 spiro atoms. The lowest BCUT2D eigenvalue weighted by Crippen LogP contribution is -2.24. The zero-order valence-electron chi connectivity index (χ0n) is 12.4. The fourth-order valence-electron chi connectivity index (χ4n) is 2.42. The van der Waals surface area contributed by atoms with Crippen LogP contribution in [0.2, 0.25) is 0 Å². The van der Waals surface area contributed by atoms with Crippen LogP contribution in [-0.2, 0) is 19.9 Å². The van der Waals surface area contributed by atoms with E-state index in [2.05, 4.69) is 77.2 Å². The van der Waals surface area contributed by atoms with Crippen LogP contribution in [-0.4, -0.2) is 16.3 Å². The monoisotopic (exact) mass is 383 g/mol. The molecule has 0 amide bonds. The van der Waals surface area contributed by atoms with Crippen molar-refractivity contribution in [1.29, 1.82) is 0 Å². The molecule has 1 heterocycles. The standard InChI is InChI=1S/C16H22IN3/c1-4-14-10-15(20(3)19-14)11-16(18-5-2)12-7-6-8-13(17)9-12/h6-10,16,18H,4-5,11H2,1-3H3. The summed E-state index contributed by atoms with van der Waals surface area (Å²) in [5.74, 6) is 0. The van der Waals surface area contributed by atoms with E-state index in [0.717, 1.165) is 19.4 Å². The van der Waals surface area contributed by atoms with Gasteiger partial charge in [-0.1, -0.05) is 26.0 Å². The number of benzene rings is 1. The maximum atomic E-state index is 4.54. The van der Waals surface area contributed by atoms with Gasteiger partial charge in [0.25, 0.3) is 0 Å². The van der Waals surface area contributed by atoms with Gasteiger partial charge in [0.15, 0.2) is 0 Å². The van der Waals surface area contributed by atoms with Crippen LogP contribution >= 0.6 is 22.6 Å². The van der Waals surface area contributed by atoms with Gasteiger partial charge in [0.1, 0.15) is 0 Å². The molecule has 0 aliphatic rings. The molecule has 0 saturated carbocycles. The number of hydrogen-bond donors (Lipinski definition) is 1. The Hall–Kier alpha value is -0.880. The number of nitrogens with one attached hydrogen (secondary N) is 1. The molecule has 2 rings (SSSR count). The summed E-state index contributed by atoms with van der Waals surface area (Å²) in [6, 6.07) is 11.3. The molecule has 0 saturated heterocycles. The number of hydrogen-bond acceptors (Lipinski definition) is 2. The maximum Gasteiger partial charge on any atom is 0.0624 e. The topological polar surface area (TPSA) is 29.9 Å². The molecule has 1 N–H and O–H groups in total. The number of likely N-dealkylation sites (N-methyl/N-ethyl adjacent to an activating group) is 1. The lowest BCUT2D eigenvalue weighted by atomic mass is 10.0. The molecular weight excluding hydrogens is 361 g/mol. The molecular formula is C16H22IN3. The van der Waals surface area contributed by atoms with E-state index >= 15 is 0 Å². The Morgan fingerprint density at radius 1 is 1.30 bits per heavy atom. The normalized spacial score (nSPS) is 12.6. The summed E-state index contributed by atoms with van der Waals surface area (Å²) >= 11 is 2.37. The number of nitrogens with zero attached hydrogens (tertiary/aromatic N) is 2. The summed E-state index contributed by atoms with van der Waals surface area (Å²) in [4.78, 5) is 0. The van der Waals surface area contributed by atoms with Gasteiger partial charge in [-0.2, -0.15) is 5.10 Å². The lowest BCUT2D eigenvalue weighted by Gasteiger charge is -2.18. The van der Waals surface area contributed by atoms with Crippen molar-refractivity contribution >= 4 is 22.6 Å². The van der Waals surface area contributed by atoms with Crippen molar-refractivity contribution in [3.63, 3.8) is 0 Å². The third kappa shape index (κ3) is 3.82. The predicted octanol–water partition coefficient (Wildman–Crippen LogP) is 3.48. The van der Waals surface area contributed by atoms with Crippen molar-refractivity contribution in [1.82, 2.24) is 15.1 Å². The van der Waals surface area contributed by atoms with E-state index in [1.807, 2.05) is 11.7 Å². The molecule has 1 atom stereocenters. The molecule has 108 valence electrons. The van der Waals surface area contributed by atoms with Gasteiger partial charge < -0.3 is 5.32 Å². The van der Waals surface area contributed by atoms with Gasteiger partial charge >= 0.3 is 0 Å². The second-order valence-corrected chi connectivity index (χ2v) is 6.22. The Morgan fingerprint density at radius 3 is 2.70 bits per heavy atom. The first-order valence-corrected chi connectivity index (χ1v) is 8.22. The molecule has 0 fully saturated rings. The van der Waals surface area contributed by atoms with Gasteiger partial charge in [-0.3, -0.25) is 4.68 Å². The summed E-state index contributed by atoms with van der Waals surface area (Å²) in [7, 11) is 2.03. The van der Waals surface area contributed by atoms with Crippen LogP contribution in [0, 0.1) is 3.57 Å². The molecule has 3 nitrogen and oxygen atoms in total. The predicted molar refractivity (Wildman–Crippen MR) is 91.9 cm³/mol. The summed E-state index contributed by atoms with van der Waals surface area (Å²) in [6.45, 7) is 5.27. The van der Waals surface area contributed by atoms with Gasteiger partial charge in [-0.25, -0.2) is 0 Å². The van der Waals surface area contributed by atoms with E-state index in [1.54, 1.807) is 0 Å². The highest BCUT2D eigenvalue weighted by atomic mass is 127. The fraction of sp³-hybridized carbons (Fsp3) is 0.438. The molecule has 4 heteroatoms. The van der Waals surface area contributed by atoms with Crippen LogP contribution in [0.3, 0.4) is 0 Å². The molecule has 0 aliphatic heterocycles. The second kappa shape index (κ2) is 7.22. The summed E-state index contributed by atoms with van der Waals surface area (Å²) in [6.07, 6.45) is 1.96. The van der Waals surface area contributed by atoms with Crippen molar-refractivity contribution in [2.45, 2.75) is 32.7 Å². The zero-order valence-corrected chi connectivity index (χ0v) is 14.5. The molecule has 0 bridgehead atoms. The highest BCUT2D eigenvalue weighted by Gasteiger charge is 2.14. The summed E-state index contributed by atoms with van der Waals surface area (Å²) in [5, 5.41) is 8.13. The fourth-order valence-corrected chi connectivity index (χ4v) is 2.99. The minimum Gasteiger partial charge on any atom is -0.310 e. The highest BCUT2D eigenvalue weighted by molar-refractivity contribution is 14.1. The molecule has 1 aromatic heterocycles. The van der Waals surface area contributed by atoms with Crippen LogP contribution in [0.15, 0.2) is 30.3 Å². The third-order valence-electron chi connectivity index (χ3n) is 3.50. The number of halogens is 1. The smallest absolute Gasteiger partial charge is 0.0624 e. The first-order valence-electron chi connectivity index (χ1n) is 7.14. The van der Waals surface area contributed by atoms with Gasteiger partial charge in [-0.05, 0) is 59.3 Å². The first kappa shape index (κ1) is 15.5. The minimum absolute atomic E-state index is 0.342. The summed E-state index contributed by atoms with van der Waals surface area (Å²) < 4.78 is 3.29. The molecule has 0 aliphatic carbocycles. The Bertz CT molecular complexity index is 563. The molecule has 1 unspecified atom stereocenters. The van der Waals surface area contributed by atoms with Gasteiger partial charge in [-0.15, -0.1) is 0 Å². The molecule has 2 aromatic rings. The Kier molecular flexibility index (Phi) is 5.60. The Balaban J connectivity index is 2.22. The van der Waals surface area contributed by atoms with Crippen molar-refractivity contribution in [2.24, 2.45) is 7.05 Å². The van der Waals surface area contributed by atoms with E-state index in [-0.39, 0.29) is 0 Å². The van der Waals surface area contributed by atoms with Crippen molar-refractivity contribution in [3.05, 3.63) is 50.9 Å². The van der Waals surface area contributed by atoms with E-state index in [1.165, 1.54) is 20.5 Å². The van der Waals surface area contributed by atoms with E-state index < -0.39 is 0 Å². The quantitative estimate of drug-likeness (QED) is 0.775. The highest BCUT2D eigenvalue weighted by Crippen LogP contribution is 2.20. The third-order valence-corrected chi connectivity index (χ3v) is 4.18. The first-order chi connectivity index (χ1) is 9.63. The van der Waals surface area contributed by atoms with Crippen molar-refractivity contribution < 1.29 is 0 Å². The van der Waals surface area contributed by atoms with Gasteiger partial charge in [0.05, 0.1) is 5.69 Å². The average molecular weight is 383 g/mol. The van der Waals surface area contributed by atoms with Gasteiger partial charge in [0.2, 0.25) is 0 Å². The van der Waals surface area contributed by atoms with Gasteiger partial charge in [0, 0.05) is 28.8 Å². The number of rotatable bonds is 6. The van der Waals surface area contributed by atoms with Crippen molar-refractivity contribution in [3.8, 4) is 0 Å². The van der Waals surface area contributed by atoms with Crippen molar-refractivity contribution in [2.75, 3.05) is 6.54 Å². The summed E-state index contributed by atoms with van der Waals surface area (Å²) in [5.41, 5.74) is 3.80. The van der Waals surface area contributed by atoms with Crippen LogP contribution in [0.1, 0.15) is 36.8 Å². The lowest BCUT2D eigenvalue weighted by molar-refractivity contribution is 0.528. The largest absolute Gasteiger partial charge is 0.310 e. The van der Waals surface area contributed by atoms with Crippen LogP contribution in [0.4, 0.5) is 0 Å². The van der Waals surface area contributed by atoms with E-state index in [9.17, 15) is 0 Å². The van der Waals surface area contributed by atoms with Crippen LogP contribution in [0.25, 0.3) is 0 Å². The van der Waals surface area contributed by atoms with Crippen LogP contribution in [0.5, 0.6) is 0 Å². The Morgan fingerprint density at radius 2 is 2.10 bits per heavy atom. The number of aryl methyl sites for hydroxylation is 2. The van der Waals surface area contributed by atoms with Crippen LogP contribution < -0.4 is 5.32 Å². The minimum atomic E-state index is 0.342. The Labute approximate surface area is 134 Å². The molecule has 1 aromatic carbocycles. The van der Waals surface area contributed by atoms with E-state index in [4.69, 9.17) is 0 Å². The molecule has 0 radical (unpaired) electrons. The SMILES string of the molecule is CCNC(Cc1cc(CC)nn1C)c1cccc(I)c1. The zero-order chi connectivity index (χ0) is 14.5. The van der Waals surface area contributed by atoms with E-state index in [0.29, 0.717) is 6.04 Å². The number of aromatic nitrogens is 2. The molecule has 20 heavy (non-hydrogen) atoms. The average Bonchev–Trinajstić information content (AvgIpc) is 2.79. The second-order valence-electron chi connectivity index (χ2n) is 4.97.